The normalized spacial score (nSPS) is 22.2. The molecule has 2 aromatic heterocycles. The van der Waals surface area contributed by atoms with E-state index in [-0.39, 0.29) is 29.9 Å². The molecule has 4 heterocycles. The fourth-order valence-corrected chi connectivity index (χ4v) is 5.12. The Hall–Kier alpha value is -2.01. The number of pyridine rings is 1. The van der Waals surface area contributed by atoms with E-state index >= 15 is 0 Å². The molecule has 27 heavy (non-hydrogen) atoms. The molecule has 2 N–H and O–H groups in total. The van der Waals surface area contributed by atoms with Crippen molar-refractivity contribution in [2.75, 3.05) is 45.9 Å². The summed E-state index contributed by atoms with van der Waals surface area (Å²) < 4.78 is 32.8. The van der Waals surface area contributed by atoms with Gasteiger partial charge < -0.3 is 19.9 Å². The van der Waals surface area contributed by atoms with Gasteiger partial charge in [-0.25, -0.2) is 13.4 Å². The Morgan fingerprint density at radius 3 is 2.85 bits per heavy atom. The second-order valence-corrected chi connectivity index (χ2v) is 8.67. The first-order valence-electron chi connectivity index (χ1n) is 9.07. The maximum Gasteiger partial charge on any atom is 0.245 e. The number of ether oxygens (including phenoxy) is 1. The lowest BCUT2D eigenvalue weighted by molar-refractivity contribution is -0.133. The molecule has 0 saturated carbocycles. The van der Waals surface area contributed by atoms with E-state index in [1.807, 2.05) is 0 Å². The van der Waals surface area contributed by atoms with Crippen LogP contribution in [-0.2, 0) is 19.6 Å². The fraction of sp³-hybridized carbons (Fsp3) is 0.529. The lowest BCUT2D eigenvalue weighted by atomic mass is 10.1. The first-order valence-corrected chi connectivity index (χ1v) is 10.5. The average molecular weight is 393 g/mol. The Bertz CT molecular complexity index is 914. The number of aromatic amines is 1. The van der Waals surface area contributed by atoms with Gasteiger partial charge in [0.05, 0.1) is 13.2 Å². The molecule has 2 aliphatic rings. The fourth-order valence-electron chi connectivity index (χ4n) is 3.55. The number of nitrogens with one attached hydrogen (secondary N) is 2. The maximum atomic E-state index is 13.0. The number of hydrogen-bond donors (Lipinski definition) is 2. The molecule has 10 heteroatoms. The number of carbonyl (C=O) groups is 1. The zero-order chi connectivity index (χ0) is 18.9. The lowest BCUT2D eigenvalue weighted by Gasteiger charge is -2.35. The molecule has 9 nitrogen and oxygen atoms in total. The number of rotatable bonds is 4. The van der Waals surface area contributed by atoms with Crippen LogP contribution in [0.2, 0.25) is 0 Å². The summed E-state index contributed by atoms with van der Waals surface area (Å²) in [5.74, 6) is 0.0337. The van der Waals surface area contributed by atoms with Crippen molar-refractivity contribution < 1.29 is 17.9 Å². The lowest BCUT2D eigenvalue weighted by Crippen LogP contribution is -2.52. The smallest absolute Gasteiger partial charge is 0.245 e. The Morgan fingerprint density at radius 1 is 1.30 bits per heavy atom. The molecule has 0 aliphatic carbocycles. The molecule has 0 radical (unpaired) electrons. The van der Waals surface area contributed by atoms with Gasteiger partial charge in [0.2, 0.25) is 15.9 Å². The summed E-state index contributed by atoms with van der Waals surface area (Å²) in [6.07, 6.45) is 3.48. The van der Waals surface area contributed by atoms with Crippen molar-refractivity contribution >= 4 is 27.0 Å². The predicted molar refractivity (Wildman–Crippen MR) is 98.7 cm³/mol. The van der Waals surface area contributed by atoms with Gasteiger partial charge in [-0.3, -0.25) is 4.79 Å². The van der Waals surface area contributed by atoms with Crippen molar-refractivity contribution in [2.24, 2.45) is 0 Å². The highest BCUT2D eigenvalue weighted by atomic mass is 32.2. The Kier molecular flexibility index (Phi) is 5.13. The van der Waals surface area contributed by atoms with Gasteiger partial charge in [-0.2, -0.15) is 4.31 Å². The highest BCUT2D eigenvalue weighted by molar-refractivity contribution is 7.89. The minimum Gasteiger partial charge on any atom is -0.378 e. The van der Waals surface area contributed by atoms with E-state index in [1.165, 1.54) is 10.5 Å². The van der Waals surface area contributed by atoms with Crippen LogP contribution in [0.5, 0.6) is 0 Å². The number of sulfonamides is 1. The second kappa shape index (κ2) is 7.55. The third kappa shape index (κ3) is 3.70. The number of nitrogens with zero attached hydrogens (tertiary/aromatic N) is 3. The van der Waals surface area contributed by atoms with E-state index in [0.29, 0.717) is 43.8 Å². The van der Waals surface area contributed by atoms with Crippen LogP contribution in [0.3, 0.4) is 0 Å². The summed E-state index contributed by atoms with van der Waals surface area (Å²) >= 11 is 0. The summed E-state index contributed by atoms with van der Waals surface area (Å²) in [6, 6.07) is 3.49. The van der Waals surface area contributed by atoms with E-state index < -0.39 is 10.0 Å². The quantitative estimate of drug-likeness (QED) is 0.743. The number of amides is 1. The molecule has 2 aliphatic heterocycles. The number of hydrogen-bond acceptors (Lipinski definition) is 6. The van der Waals surface area contributed by atoms with Crippen molar-refractivity contribution in [3.63, 3.8) is 0 Å². The SMILES string of the molecule is O=C(CC1COCCN1)N1CCN(S(=O)(=O)c2c[nH]c3ncccc23)CC1. The molecular formula is C17H23N5O4S. The number of piperazine rings is 1. The van der Waals surface area contributed by atoms with E-state index in [4.69, 9.17) is 4.74 Å². The molecule has 2 saturated heterocycles. The summed E-state index contributed by atoms with van der Waals surface area (Å²) in [7, 11) is -3.63. The van der Waals surface area contributed by atoms with Crippen molar-refractivity contribution in [3.05, 3.63) is 24.5 Å². The molecule has 1 atom stereocenters. The van der Waals surface area contributed by atoms with Gasteiger partial charge in [0.15, 0.2) is 0 Å². The van der Waals surface area contributed by atoms with Gasteiger partial charge in [0.25, 0.3) is 0 Å². The van der Waals surface area contributed by atoms with Crippen LogP contribution >= 0.6 is 0 Å². The summed E-state index contributed by atoms with van der Waals surface area (Å²) in [4.78, 5) is 21.5. The zero-order valence-electron chi connectivity index (χ0n) is 14.9. The number of aromatic nitrogens is 2. The Labute approximate surface area is 157 Å². The van der Waals surface area contributed by atoms with Gasteiger partial charge in [-0.05, 0) is 12.1 Å². The molecule has 0 bridgehead atoms. The topological polar surface area (TPSA) is 108 Å². The van der Waals surface area contributed by atoms with Crippen LogP contribution in [0, 0.1) is 0 Å². The molecule has 0 spiro atoms. The zero-order valence-corrected chi connectivity index (χ0v) is 15.7. The average Bonchev–Trinajstić information content (AvgIpc) is 3.14. The van der Waals surface area contributed by atoms with Gasteiger partial charge in [-0.1, -0.05) is 0 Å². The summed E-state index contributed by atoms with van der Waals surface area (Å²) in [6.45, 7) is 3.33. The minimum atomic E-state index is -3.63. The van der Waals surface area contributed by atoms with Crippen LogP contribution in [0.1, 0.15) is 6.42 Å². The molecule has 146 valence electrons. The second-order valence-electron chi connectivity index (χ2n) is 6.77. The third-order valence-electron chi connectivity index (χ3n) is 5.04. The maximum absolute atomic E-state index is 13.0. The number of fused-ring (bicyclic) bond motifs is 1. The number of morpholine rings is 1. The van der Waals surface area contributed by atoms with E-state index in [0.717, 1.165) is 6.54 Å². The predicted octanol–water partition coefficient (Wildman–Crippen LogP) is -0.226. The molecule has 2 fully saturated rings. The van der Waals surface area contributed by atoms with E-state index in [2.05, 4.69) is 15.3 Å². The highest BCUT2D eigenvalue weighted by Gasteiger charge is 2.32. The van der Waals surface area contributed by atoms with E-state index in [9.17, 15) is 13.2 Å². The standard InChI is InChI=1S/C17H23N5O4S/c23-16(10-13-12-26-9-4-18-13)21-5-7-22(8-6-21)27(24,25)15-11-20-17-14(15)2-1-3-19-17/h1-3,11,13,18H,4-10,12H2,(H,19,20). The van der Waals surface area contributed by atoms with Crippen molar-refractivity contribution in [3.8, 4) is 0 Å². The number of H-pyrrole nitrogens is 1. The highest BCUT2D eigenvalue weighted by Crippen LogP contribution is 2.25. The Morgan fingerprint density at radius 2 is 2.11 bits per heavy atom. The monoisotopic (exact) mass is 393 g/mol. The number of carbonyl (C=O) groups excluding carboxylic acids is 1. The molecule has 2 aromatic rings. The summed E-state index contributed by atoms with van der Waals surface area (Å²) in [5.41, 5.74) is 0.548. The van der Waals surface area contributed by atoms with Crippen LogP contribution in [-0.4, -0.2) is 85.5 Å². The van der Waals surface area contributed by atoms with Crippen LogP contribution in [0.4, 0.5) is 0 Å². The third-order valence-corrected chi connectivity index (χ3v) is 6.98. The van der Waals surface area contributed by atoms with Gasteiger partial charge in [0.1, 0.15) is 10.5 Å². The Balaban J connectivity index is 1.40. The van der Waals surface area contributed by atoms with Gasteiger partial charge in [0, 0.05) is 63.0 Å². The van der Waals surface area contributed by atoms with Gasteiger partial charge in [-0.15, -0.1) is 0 Å². The molecule has 0 aromatic carbocycles. The summed E-state index contributed by atoms with van der Waals surface area (Å²) in [5, 5.41) is 3.85. The molecule has 1 unspecified atom stereocenters. The van der Waals surface area contributed by atoms with E-state index in [1.54, 1.807) is 23.2 Å². The van der Waals surface area contributed by atoms with Crippen molar-refractivity contribution in [2.45, 2.75) is 17.4 Å². The molecule has 4 rings (SSSR count). The van der Waals surface area contributed by atoms with Gasteiger partial charge >= 0.3 is 0 Å². The minimum absolute atomic E-state index is 0.0337. The van der Waals surface area contributed by atoms with Crippen LogP contribution in [0.15, 0.2) is 29.4 Å². The van der Waals surface area contributed by atoms with Crippen LogP contribution in [0.25, 0.3) is 11.0 Å². The first-order chi connectivity index (χ1) is 13.1. The van der Waals surface area contributed by atoms with Crippen molar-refractivity contribution in [1.82, 2.24) is 24.5 Å². The molecular weight excluding hydrogens is 370 g/mol. The first kappa shape index (κ1) is 18.4. The largest absolute Gasteiger partial charge is 0.378 e. The van der Waals surface area contributed by atoms with Crippen LogP contribution < -0.4 is 5.32 Å². The van der Waals surface area contributed by atoms with Crippen molar-refractivity contribution in [1.29, 1.82) is 0 Å². The molecule has 1 amide bonds.